The summed E-state index contributed by atoms with van der Waals surface area (Å²) in [5, 5.41) is 10.8. The summed E-state index contributed by atoms with van der Waals surface area (Å²) in [4.78, 5) is 13.7. The van der Waals surface area contributed by atoms with Crippen molar-refractivity contribution in [2.24, 2.45) is 0 Å². The molecule has 0 atom stereocenters. The first kappa shape index (κ1) is 15.9. The zero-order valence-corrected chi connectivity index (χ0v) is 13.0. The monoisotopic (exact) mass is 312 g/mol. The fraction of sp³-hybridized carbons (Fsp3) is 0.500. The Kier molecular flexibility index (Phi) is 4.65. The molecule has 2 N–H and O–H groups in total. The second kappa shape index (κ2) is 6.13. The number of sulfonamides is 1. The maximum absolute atomic E-state index is 12.5. The number of hydrogen-bond donors (Lipinski definition) is 2. The van der Waals surface area contributed by atoms with Crippen molar-refractivity contribution in [3.63, 3.8) is 0 Å². The molecule has 0 aromatic heterocycles. The smallest absolute Gasteiger partial charge is 0.335 e. The number of piperidine rings is 1. The predicted octanol–water partition coefficient (Wildman–Crippen LogP) is 1.68. The van der Waals surface area contributed by atoms with Gasteiger partial charge in [-0.15, -0.1) is 4.83 Å². The lowest BCUT2D eigenvalue weighted by Gasteiger charge is -2.27. The van der Waals surface area contributed by atoms with Crippen LogP contribution < -0.4 is 4.83 Å². The largest absolute Gasteiger partial charge is 0.478 e. The molecule has 0 aliphatic carbocycles. The van der Waals surface area contributed by atoms with Crippen LogP contribution in [0.3, 0.4) is 0 Å². The second-order valence-electron chi connectivity index (χ2n) is 5.36. The van der Waals surface area contributed by atoms with E-state index in [0.29, 0.717) is 24.2 Å². The Morgan fingerprint density at radius 2 is 1.81 bits per heavy atom. The van der Waals surface area contributed by atoms with E-state index < -0.39 is 16.0 Å². The predicted molar refractivity (Wildman–Crippen MR) is 78.6 cm³/mol. The molecule has 0 amide bonds. The fourth-order valence-corrected chi connectivity index (χ4v) is 3.90. The van der Waals surface area contributed by atoms with Crippen LogP contribution >= 0.6 is 0 Å². The highest BCUT2D eigenvalue weighted by atomic mass is 32.2. The fourth-order valence-electron chi connectivity index (χ4n) is 2.43. The molecule has 2 rings (SSSR count). The summed E-state index contributed by atoms with van der Waals surface area (Å²) >= 11 is 0. The van der Waals surface area contributed by atoms with E-state index in [1.807, 2.05) is 0 Å². The van der Waals surface area contributed by atoms with Crippen molar-refractivity contribution in [3.05, 3.63) is 28.8 Å². The summed E-state index contributed by atoms with van der Waals surface area (Å²) in [6, 6.07) is 2.70. The van der Waals surface area contributed by atoms with E-state index in [1.54, 1.807) is 18.9 Å². The molecule has 1 heterocycles. The van der Waals surface area contributed by atoms with Gasteiger partial charge in [-0.1, -0.05) is 6.42 Å². The highest BCUT2D eigenvalue weighted by molar-refractivity contribution is 7.89. The van der Waals surface area contributed by atoms with Gasteiger partial charge in [0, 0.05) is 13.1 Å². The molecular weight excluding hydrogens is 292 g/mol. The first-order valence-corrected chi connectivity index (χ1v) is 8.41. The zero-order valence-electron chi connectivity index (χ0n) is 12.2. The van der Waals surface area contributed by atoms with Gasteiger partial charge in [0.05, 0.1) is 10.5 Å². The number of carboxylic acid groups (broad SMARTS) is 1. The van der Waals surface area contributed by atoms with Gasteiger partial charge < -0.3 is 5.11 Å². The Morgan fingerprint density at radius 3 is 2.38 bits per heavy atom. The van der Waals surface area contributed by atoms with Crippen molar-refractivity contribution in [1.82, 2.24) is 9.84 Å². The van der Waals surface area contributed by atoms with Gasteiger partial charge in [0.25, 0.3) is 10.0 Å². The lowest BCUT2D eigenvalue weighted by Crippen LogP contribution is -2.45. The van der Waals surface area contributed by atoms with Crippen molar-refractivity contribution in [3.8, 4) is 0 Å². The van der Waals surface area contributed by atoms with Crippen LogP contribution in [-0.2, 0) is 10.0 Å². The number of nitrogens with zero attached hydrogens (tertiary/aromatic N) is 1. The summed E-state index contributed by atoms with van der Waals surface area (Å²) in [7, 11) is -3.76. The highest BCUT2D eigenvalue weighted by Gasteiger charge is 2.23. The summed E-state index contributed by atoms with van der Waals surface area (Å²) in [5.74, 6) is -1.13. The lowest BCUT2D eigenvalue weighted by atomic mass is 10.1. The number of carboxylic acids is 1. The van der Waals surface area contributed by atoms with Crippen molar-refractivity contribution in [2.75, 3.05) is 13.1 Å². The number of aryl methyl sites for hydroxylation is 1. The molecule has 1 saturated heterocycles. The third kappa shape index (κ3) is 3.61. The van der Waals surface area contributed by atoms with Crippen LogP contribution in [-0.4, -0.2) is 37.6 Å². The van der Waals surface area contributed by atoms with Gasteiger partial charge in [0.2, 0.25) is 0 Å². The minimum Gasteiger partial charge on any atom is -0.478 e. The Balaban J connectivity index is 2.36. The van der Waals surface area contributed by atoms with Crippen LogP contribution in [0.4, 0.5) is 0 Å². The zero-order chi connectivity index (χ0) is 15.6. The van der Waals surface area contributed by atoms with E-state index in [1.165, 1.54) is 12.1 Å². The van der Waals surface area contributed by atoms with E-state index in [9.17, 15) is 13.2 Å². The first-order valence-electron chi connectivity index (χ1n) is 6.93. The Morgan fingerprint density at radius 1 is 1.19 bits per heavy atom. The van der Waals surface area contributed by atoms with Crippen LogP contribution in [0.2, 0.25) is 0 Å². The first-order chi connectivity index (χ1) is 9.81. The number of hydrogen-bond acceptors (Lipinski definition) is 4. The van der Waals surface area contributed by atoms with Crippen molar-refractivity contribution in [1.29, 1.82) is 0 Å². The summed E-state index contributed by atoms with van der Waals surface area (Å²) < 4.78 is 25.0. The molecule has 7 heteroatoms. The molecule has 1 aromatic rings. The maximum atomic E-state index is 12.5. The molecule has 1 fully saturated rings. The summed E-state index contributed by atoms with van der Waals surface area (Å²) in [6.45, 7) is 4.75. The van der Waals surface area contributed by atoms with E-state index in [4.69, 9.17) is 5.11 Å². The van der Waals surface area contributed by atoms with Crippen LogP contribution in [0.5, 0.6) is 0 Å². The molecule has 21 heavy (non-hydrogen) atoms. The average Bonchev–Trinajstić information content (AvgIpc) is 2.41. The SMILES string of the molecule is Cc1cc(C(=O)O)cc(S(=O)(=O)NN2CCCCC2)c1C. The third-order valence-corrected chi connectivity index (χ3v) is 5.26. The Bertz CT molecular complexity index is 649. The topological polar surface area (TPSA) is 86.7 Å². The number of benzene rings is 1. The van der Waals surface area contributed by atoms with Gasteiger partial charge in [-0.3, -0.25) is 0 Å². The lowest BCUT2D eigenvalue weighted by molar-refractivity contribution is 0.0696. The van der Waals surface area contributed by atoms with E-state index in [-0.39, 0.29) is 10.5 Å². The molecule has 0 bridgehead atoms. The second-order valence-corrected chi connectivity index (χ2v) is 6.99. The van der Waals surface area contributed by atoms with Crippen molar-refractivity contribution in [2.45, 2.75) is 38.0 Å². The van der Waals surface area contributed by atoms with E-state index in [2.05, 4.69) is 4.83 Å². The van der Waals surface area contributed by atoms with Gasteiger partial charge in [-0.25, -0.2) is 18.2 Å². The van der Waals surface area contributed by atoms with E-state index in [0.717, 1.165) is 19.3 Å². The van der Waals surface area contributed by atoms with Crippen LogP contribution in [0.15, 0.2) is 17.0 Å². The average molecular weight is 312 g/mol. The standard InChI is InChI=1S/C14H20N2O4S/c1-10-8-12(14(17)18)9-13(11(10)2)21(19,20)15-16-6-4-3-5-7-16/h8-9,15H,3-7H2,1-2H3,(H,17,18). The number of hydrazine groups is 1. The number of aromatic carboxylic acids is 1. The molecule has 1 aromatic carbocycles. The summed E-state index contributed by atoms with van der Waals surface area (Å²) in [5.41, 5.74) is 1.20. The molecule has 0 spiro atoms. The minimum absolute atomic E-state index is 0.0166. The molecule has 0 saturated carbocycles. The number of carbonyl (C=O) groups is 1. The molecule has 116 valence electrons. The Hall–Kier alpha value is -1.44. The number of nitrogens with one attached hydrogen (secondary N) is 1. The van der Waals surface area contributed by atoms with E-state index >= 15 is 0 Å². The van der Waals surface area contributed by atoms with Gasteiger partial charge >= 0.3 is 5.97 Å². The number of rotatable bonds is 4. The molecule has 6 nitrogen and oxygen atoms in total. The van der Waals surface area contributed by atoms with Gasteiger partial charge in [-0.2, -0.15) is 0 Å². The molecule has 0 radical (unpaired) electrons. The normalized spacial score (nSPS) is 16.9. The molecule has 1 aliphatic rings. The van der Waals surface area contributed by atoms with Gasteiger partial charge in [0.1, 0.15) is 0 Å². The molecular formula is C14H20N2O4S. The van der Waals surface area contributed by atoms with Crippen molar-refractivity contribution >= 4 is 16.0 Å². The minimum atomic E-state index is -3.76. The van der Waals surface area contributed by atoms with Crippen molar-refractivity contribution < 1.29 is 18.3 Å². The van der Waals surface area contributed by atoms with Gasteiger partial charge in [-0.05, 0) is 49.9 Å². The van der Waals surface area contributed by atoms with Crippen LogP contribution in [0.25, 0.3) is 0 Å². The highest BCUT2D eigenvalue weighted by Crippen LogP contribution is 2.22. The molecule has 1 aliphatic heterocycles. The Labute approximate surface area is 124 Å². The van der Waals surface area contributed by atoms with Crippen LogP contribution in [0, 0.1) is 13.8 Å². The molecule has 0 unspecified atom stereocenters. The third-order valence-electron chi connectivity index (χ3n) is 3.76. The van der Waals surface area contributed by atoms with Crippen LogP contribution in [0.1, 0.15) is 40.7 Å². The van der Waals surface area contributed by atoms with Gasteiger partial charge in [0.15, 0.2) is 0 Å². The quantitative estimate of drug-likeness (QED) is 0.883. The summed E-state index contributed by atoms with van der Waals surface area (Å²) in [6.07, 6.45) is 3.01. The maximum Gasteiger partial charge on any atom is 0.335 e.